The van der Waals surface area contributed by atoms with Gasteiger partial charge in [0.1, 0.15) is 11.6 Å². The van der Waals surface area contributed by atoms with Crippen LogP contribution in [0.2, 0.25) is 0 Å². The third-order valence-electron chi connectivity index (χ3n) is 4.83. The molecule has 2 amide bonds. The fourth-order valence-corrected chi connectivity index (χ4v) is 4.05. The van der Waals surface area contributed by atoms with Gasteiger partial charge in [0.25, 0.3) is 0 Å². The van der Waals surface area contributed by atoms with Crippen molar-refractivity contribution >= 4 is 40.7 Å². The summed E-state index contributed by atoms with van der Waals surface area (Å²) in [6.07, 6.45) is 2.22. The van der Waals surface area contributed by atoms with Crippen molar-refractivity contribution in [1.29, 1.82) is 0 Å². The number of hydrogen-bond acceptors (Lipinski definition) is 4. The molecule has 1 aliphatic rings. The van der Waals surface area contributed by atoms with E-state index < -0.39 is 35.1 Å². The number of anilines is 2. The Morgan fingerprint density at radius 2 is 1.93 bits per heavy atom. The molecule has 0 aliphatic carbocycles. The second-order valence-electron chi connectivity index (χ2n) is 6.63. The third-order valence-corrected chi connectivity index (χ3v) is 5.61. The van der Waals surface area contributed by atoms with Crippen molar-refractivity contribution in [3.63, 3.8) is 0 Å². The molecule has 29 heavy (non-hydrogen) atoms. The molecule has 0 saturated carbocycles. The molecule has 1 atom stereocenters. The standard InChI is InChI=1S/C21H20F2N2O3S/c1-4-10-25(15-11-12(22)8-9-13(15)23)21(28)18-19(26)17-14(24(2)20(18)27)6-5-7-16(17)29-3/h5-9,11,18H,4,10H2,1-3H3. The van der Waals surface area contributed by atoms with Crippen LogP contribution in [0.3, 0.4) is 0 Å². The van der Waals surface area contributed by atoms with Crippen molar-refractivity contribution < 1.29 is 23.2 Å². The minimum atomic E-state index is -1.64. The molecule has 0 saturated heterocycles. The lowest BCUT2D eigenvalue weighted by atomic mass is 9.89. The minimum absolute atomic E-state index is 0.0387. The Morgan fingerprint density at radius 3 is 2.59 bits per heavy atom. The van der Waals surface area contributed by atoms with E-state index in [1.54, 1.807) is 31.4 Å². The van der Waals surface area contributed by atoms with E-state index in [-0.39, 0.29) is 17.8 Å². The van der Waals surface area contributed by atoms with Crippen molar-refractivity contribution in [2.24, 2.45) is 5.92 Å². The van der Waals surface area contributed by atoms with Crippen LogP contribution in [0.1, 0.15) is 23.7 Å². The Morgan fingerprint density at radius 1 is 1.21 bits per heavy atom. The predicted molar refractivity (Wildman–Crippen MR) is 108 cm³/mol. The van der Waals surface area contributed by atoms with Crippen molar-refractivity contribution in [3.05, 3.63) is 53.6 Å². The maximum atomic E-state index is 14.4. The summed E-state index contributed by atoms with van der Waals surface area (Å²) in [5, 5.41) is 0. The van der Waals surface area contributed by atoms with Gasteiger partial charge >= 0.3 is 0 Å². The monoisotopic (exact) mass is 418 g/mol. The summed E-state index contributed by atoms with van der Waals surface area (Å²) in [5.41, 5.74) is 0.426. The molecule has 0 aromatic heterocycles. The summed E-state index contributed by atoms with van der Waals surface area (Å²) in [6, 6.07) is 7.86. The number of hydrogen-bond donors (Lipinski definition) is 0. The number of ketones is 1. The first-order chi connectivity index (χ1) is 13.8. The smallest absolute Gasteiger partial charge is 0.247 e. The van der Waals surface area contributed by atoms with Gasteiger partial charge < -0.3 is 9.80 Å². The zero-order valence-electron chi connectivity index (χ0n) is 16.2. The van der Waals surface area contributed by atoms with Crippen LogP contribution in [0.4, 0.5) is 20.2 Å². The molecule has 0 N–H and O–H groups in total. The van der Waals surface area contributed by atoms with E-state index in [2.05, 4.69) is 0 Å². The van der Waals surface area contributed by atoms with E-state index in [9.17, 15) is 23.2 Å². The summed E-state index contributed by atoms with van der Waals surface area (Å²) in [6.45, 7) is 1.80. The summed E-state index contributed by atoms with van der Waals surface area (Å²) in [7, 11) is 1.49. The van der Waals surface area contributed by atoms with Gasteiger partial charge in [-0.15, -0.1) is 11.8 Å². The number of halogens is 2. The molecule has 3 rings (SSSR count). The van der Waals surface area contributed by atoms with Crippen LogP contribution >= 0.6 is 11.8 Å². The van der Waals surface area contributed by atoms with Gasteiger partial charge in [0.2, 0.25) is 11.8 Å². The second kappa shape index (κ2) is 8.32. The predicted octanol–water partition coefficient (Wildman–Crippen LogP) is 3.91. The highest BCUT2D eigenvalue weighted by atomic mass is 32.2. The topological polar surface area (TPSA) is 57.7 Å². The number of carbonyl (C=O) groups excluding carboxylic acids is 3. The maximum absolute atomic E-state index is 14.4. The highest BCUT2D eigenvalue weighted by molar-refractivity contribution is 7.98. The molecular weight excluding hydrogens is 398 g/mol. The average Bonchev–Trinajstić information content (AvgIpc) is 2.71. The second-order valence-corrected chi connectivity index (χ2v) is 7.48. The van der Waals surface area contributed by atoms with Gasteiger partial charge in [-0.1, -0.05) is 13.0 Å². The molecule has 1 unspecified atom stereocenters. The van der Waals surface area contributed by atoms with Crippen molar-refractivity contribution in [3.8, 4) is 0 Å². The van der Waals surface area contributed by atoms with Gasteiger partial charge in [-0.2, -0.15) is 0 Å². The number of carbonyl (C=O) groups is 3. The number of rotatable bonds is 5. The highest BCUT2D eigenvalue weighted by Gasteiger charge is 2.45. The minimum Gasteiger partial charge on any atom is -0.314 e. The number of nitrogens with zero attached hydrogens (tertiary/aromatic N) is 2. The molecule has 0 fully saturated rings. The SMILES string of the molecule is CCCN(C(=O)C1C(=O)c2c(SC)cccc2N(C)C1=O)c1cc(F)ccc1F. The van der Waals surface area contributed by atoms with E-state index in [0.29, 0.717) is 17.0 Å². The fourth-order valence-electron chi connectivity index (χ4n) is 3.42. The normalized spacial score (nSPS) is 16.0. The molecule has 2 aromatic carbocycles. The van der Waals surface area contributed by atoms with Gasteiger partial charge in [0, 0.05) is 24.6 Å². The molecule has 1 aliphatic heterocycles. The van der Waals surface area contributed by atoms with Crippen molar-refractivity contribution in [2.75, 3.05) is 29.6 Å². The van der Waals surface area contributed by atoms with Crippen molar-refractivity contribution in [2.45, 2.75) is 18.2 Å². The summed E-state index contributed by atoms with van der Waals surface area (Å²) >= 11 is 1.33. The molecule has 0 radical (unpaired) electrons. The zero-order chi connectivity index (χ0) is 21.3. The van der Waals surface area contributed by atoms with E-state index in [4.69, 9.17) is 0 Å². The average molecular weight is 418 g/mol. The number of fused-ring (bicyclic) bond motifs is 1. The van der Waals surface area contributed by atoms with Gasteiger partial charge in [-0.05, 0) is 36.9 Å². The molecule has 8 heteroatoms. The maximum Gasteiger partial charge on any atom is 0.247 e. The Balaban J connectivity index is 2.10. The lowest BCUT2D eigenvalue weighted by Gasteiger charge is -2.33. The molecule has 1 heterocycles. The van der Waals surface area contributed by atoms with E-state index >= 15 is 0 Å². The summed E-state index contributed by atoms with van der Waals surface area (Å²) in [4.78, 5) is 42.3. The van der Waals surface area contributed by atoms with Gasteiger partial charge in [-0.25, -0.2) is 8.78 Å². The van der Waals surface area contributed by atoms with Gasteiger partial charge in [0.15, 0.2) is 11.7 Å². The van der Waals surface area contributed by atoms with Crippen LogP contribution in [-0.2, 0) is 9.59 Å². The molecule has 2 aromatic rings. The van der Waals surface area contributed by atoms with Gasteiger partial charge in [-0.3, -0.25) is 14.4 Å². The fraction of sp³-hybridized carbons (Fsp3) is 0.286. The number of amides is 2. The van der Waals surface area contributed by atoms with Crippen molar-refractivity contribution in [1.82, 2.24) is 0 Å². The third kappa shape index (κ3) is 3.64. The van der Waals surface area contributed by atoms with E-state index in [1.165, 1.54) is 23.7 Å². The number of Topliss-reactive ketones (excluding diaryl/α,β-unsaturated/α-hetero) is 1. The molecule has 0 spiro atoms. The summed E-state index contributed by atoms with van der Waals surface area (Å²) < 4.78 is 28.1. The Bertz CT molecular complexity index is 996. The Hall–Kier alpha value is -2.74. The van der Waals surface area contributed by atoms with Gasteiger partial charge in [0.05, 0.1) is 16.9 Å². The van der Waals surface area contributed by atoms with E-state index in [0.717, 1.165) is 23.1 Å². The first-order valence-electron chi connectivity index (χ1n) is 9.07. The van der Waals surface area contributed by atoms with Crippen LogP contribution in [-0.4, -0.2) is 37.4 Å². The summed E-state index contributed by atoms with van der Waals surface area (Å²) in [5.74, 6) is -5.35. The number of thioether (sulfide) groups is 1. The van der Waals surface area contributed by atoms with Crippen LogP contribution in [0.15, 0.2) is 41.3 Å². The molecule has 5 nitrogen and oxygen atoms in total. The largest absolute Gasteiger partial charge is 0.314 e. The van der Waals surface area contributed by atoms with Crippen LogP contribution in [0.5, 0.6) is 0 Å². The Kier molecular flexibility index (Phi) is 6.02. The van der Waals surface area contributed by atoms with Crippen LogP contribution < -0.4 is 9.80 Å². The highest BCUT2D eigenvalue weighted by Crippen LogP contribution is 2.37. The van der Waals surface area contributed by atoms with Crippen LogP contribution in [0, 0.1) is 17.6 Å². The molecular formula is C21H20F2N2O3S. The zero-order valence-corrected chi connectivity index (χ0v) is 17.1. The first-order valence-corrected chi connectivity index (χ1v) is 10.3. The first kappa shape index (κ1) is 21.0. The Labute approximate surface area is 171 Å². The molecule has 0 bridgehead atoms. The molecule has 152 valence electrons. The number of benzene rings is 2. The lowest BCUT2D eigenvalue weighted by Crippen LogP contribution is -2.51. The lowest BCUT2D eigenvalue weighted by molar-refractivity contribution is -0.130. The quantitative estimate of drug-likeness (QED) is 0.546. The van der Waals surface area contributed by atoms with E-state index in [1.807, 2.05) is 0 Å². The van der Waals surface area contributed by atoms with Crippen LogP contribution in [0.25, 0.3) is 0 Å².